The van der Waals surface area contributed by atoms with Crippen LogP contribution in [-0.2, 0) is 11.2 Å². The molecule has 0 saturated heterocycles. The normalized spacial score (nSPS) is 12.6. The highest BCUT2D eigenvalue weighted by Gasteiger charge is 2.10. The van der Waals surface area contributed by atoms with Crippen molar-refractivity contribution in [1.82, 2.24) is 10.3 Å². The van der Waals surface area contributed by atoms with Crippen molar-refractivity contribution in [3.05, 3.63) is 29.6 Å². The highest BCUT2D eigenvalue weighted by atomic mass is 16.5. The summed E-state index contributed by atoms with van der Waals surface area (Å²) in [7, 11) is 1.75. The lowest BCUT2D eigenvalue weighted by molar-refractivity contribution is 0.182. The Balaban J connectivity index is 2.55. The fourth-order valence-electron chi connectivity index (χ4n) is 1.85. The Labute approximate surface area is 105 Å². The third-order valence-corrected chi connectivity index (χ3v) is 2.91. The minimum atomic E-state index is 0.462. The maximum atomic E-state index is 5.16. The maximum Gasteiger partial charge on any atom is 0.0477 e. The lowest BCUT2D eigenvalue weighted by Crippen LogP contribution is -2.33. The van der Waals surface area contributed by atoms with Gasteiger partial charge in [0.05, 0.1) is 0 Å². The lowest BCUT2D eigenvalue weighted by atomic mass is 10.0. The topological polar surface area (TPSA) is 34.1 Å². The van der Waals surface area contributed by atoms with Crippen LogP contribution in [0.2, 0.25) is 0 Å². The fourth-order valence-corrected chi connectivity index (χ4v) is 1.85. The van der Waals surface area contributed by atoms with E-state index in [0.717, 1.165) is 32.4 Å². The average Bonchev–Trinajstić information content (AvgIpc) is 2.35. The molecule has 0 saturated carbocycles. The summed E-state index contributed by atoms with van der Waals surface area (Å²) in [6.07, 6.45) is 5.04. The first-order chi connectivity index (χ1) is 8.27. The number of nitrogens with one attached hydrogen (secondary N) is 1. The molecule has 0 amide bonds. The fraction of sp³-hybridized carbons (Fsp3) is 0.643. The van der Waals surface area contributed by atoms with E-state index in [-0.39, 0.29) is 0 Å². The van der Waals surface area contributed by atoms with E-state index in [1.54, 1.807) is 7.11 Å². The highest BCUT2D eigenvalue weighted by Crippen LogP contribution is 2.08. The number of pyridine rings is 1. The molecule has 0 bridgehead atoms. The molecular weight excluding hydrogens is 212 g/mol. The van der Waals surface area contributed by atoms with Crippen LogP contribution in [0.15, 0.2) is 18.3 Å². The molecule has 1 unspecified atom stereocenters. The number of hydrogen-bond donors (Lipinski definition) is 1. The molecule has 0 fully saturated rings. The van der Waals surface area contributed by atoms with Crippen molar-refractivity contribution in [1.29, 1.82) is 0 Å². The van der Waals surface area contributed by atoms with Gasteiger partial charge in [0.1, 0.15) is 0 Å². The van der Waals surface area contributed by atoms with Crippen LogP contribution in [0.3, 0.4) is 0 Å². The largest absolute Gasteiger partial charge is 0.385 e. The van der Waals surface area contributed by atoms with E-state index in [2.05, 4.69) is 30.2 Å². The number of nitrogens with zero attached hydrogens (tertiary/aromatic N) is 1. The van der Waals surface area contributed by atoms with Gasteiger partial charge in [-0.15, -0.1) is 0 Å². The minimum absolute atomic E-state index is 0.462. The standard InChI is InChI=1S/C14H24N2O/c1-4-8-15-13(7-10-17-3)11-14-12(2)6-5-9-16-14/h5-6,9,13,15H,4,7-8,10-11H2,1-3H3. The van der Waals surface area contributed by atoms with Crippen molar-refractivity contribution in [3.8, 4) is 0 Å². The van der Waals surface area contributed by atoms with E-state index in [0.29, 0.717) is 6.04 Å². The summed E-state index contributed by atoms with van der Waals surface area (Å²) < 4.78 is 5.16. The van der Waals surface area contributed by atoms with Crippen molar-refractivity contribution < 1.29 is 4.74 Å². The Morgan fingerprint density at radius 1 is 1.47 bits per heavy atom. The average molecular weight is 236 g/mol. The maximum absolute atomic E-state index is 5.16. The molecule has 96 valence electrons. The molecule has 0 aliphatic heterocycles. The molecule has 17 heavy (non-hydrogen) atoms. The van der Waals surface area contributed by atoms with Crippen LogP contribution < -0.4 is 5.32 Å². The number of ether oxygens (including phenoxy) is 1. The van der Waals surface area contributed by atoms with Gasteiger partial charge in [0.15, 0.2) is 0 Å². The number of aromatic nitrogens is 1. The summed E-state index contributed by atoms with van der Waals surface area (Å²) in [4.78, 5) is 4.45. The van der Waals surface area contributed by atoms with Crippen LogP contribution in [0.5, 0.6) is 0 Å². The quantitative estimate of drug-likeness (QED) is 0.752. The van der Waals surface area contributed by atoms with E-state index in [4.69, 9.17) is 4.74 Å². The Hall–Kier alpha value is -0.930. The Morgan fingerprint density at radius 3 is 2.94 bits per heavy atom. The van der Waals surface area contributed by atoms with Crippen LogP contribution >= 0.6 is 0 Å². The molecular formula is C14H24N2O. The van der Waals surface area contributed by atoms with Crippen LogP contribution in [-0.4, -0.2) is 31.3 Å². The lowest BCUT2D eigenvalue weighted by Gasteiger charge is -2.18. The summed E-state index contributed by atoms with van der Waals surface area (Å²) in [6, 6.07) is 4.57. The summed E-state index contributed by atoms with van der Waals surface area (Å²) in [5.41, 5.74) is 2.46. The zero-order valence-corrected chi connectivity index (χ0v) is 11.2. The third-order valence-electron chi connectivity index (χ3n) is 2.91. The Kier molecular flexibility index (Phi) is 6.82. The van der Waals surface area contributed by atoms with Crippen molar-refractivity contribution in [3.63, 3.8) is 0 Å². The van der Waals surface area contributed by atoms with Crippen molar-refractivity contribution in [2.75, 3.05) is 20.3 Å². The molecule has 1 aromatic heterocycles. The van der Waals surface area contributed by atoms with Gasteiger partial charge in [-0.05, 0) is 37.9 Å². The first-order valence-corrected chi connectivity index (χ1v) is 6.40. The number of methoxy groups -OCH3 is 1. The van der Waals surface area contributed by atoms with Crippen molar-refractivity contribution in [2.24, 2.45) is 0 Å². The van der Waals surface area contributed by atoms with E-state index in [1.165, 1.54) is 11.3 Å². The summed E-state index contributed by atoms with van der Waals surface area (Å²) >= 11 is 0. The van der Waals surface area contributed by atoms with Gasteiger partial charge in [0.25, 0.3) is 0 Å². The molecule has 1 aromatic rings. The van der Waals surface area contributed by atoms with Gasteiger partial charge in [-0.3, -0.25) is 4.98 Å². The molecule has 0 aliphatic rings. The van der Waals surface area contributed by atoms with Crippen LogP contribution in [0.25, 0.3) is 0 Å². The second-order valence-corrected chi connectivity index (χ2v) is 4.40. The Morgan fingerprint density at radius 2 is 2.29 bits per heavy atom. The number of aryl methyl sites for hydroxylation is 1. The molecule has 0 aromatic carbocycles. The molecule has 0 radical (unpaired) electrons. The molecule has 3 nitrogen and oxygen atoms in total. The molecule has 1 N–H and O–H groups in total. The predicted molar refractivity (Wildman–Crippen MR) is 71.3 cm³/mol. The summed E-state index contributed by atoms with van der Waals surface area (Å²) in [6.45, 7) is 6.16. The molecule has 1 rings (SSSR count). The molecule has 0 spiro atoms. The molecule has 1 atom stereocenters. The van der Waals surface area contributed by atoms with E-state index in [9.17, 15) is 0 Å². The highest BCUT2D eigenvalue weighted by molar-refractivity contribution is 5.18. The van der Waals surface area contributed by atoms with E-state index < -0.39 is 0 Å². The van der Waals surface area contributed by atoms with Gasteiger partial charge in [0, 0.05) is 38.1 Å². The second-order valence-electron chi connectivity index (χ2n) is 4.40. The zero-order chi connectivity index (χ0) is 12.5. The Bertz CT molecular complexity index is 307. The molecule has 1 heterocycles. The van der Waals surface area contributed by atoms with Crippen molar-refractivity contribution in [2.45, 2.75) is 39.2 Å². The molecule has 0 aliphatic carbocycles. The SMILES string of the molecule is CCCNC(CCOC)Cc1ncccc1C. The van der Waals surface area contributed by atoms with Gasteiger partial charge >= 0.3 is 0 Å². The summed E-state index contributed by atoms with van der Waals surface area (Å²) in [5, 5.41) is 3.56. The first kappa shape index (κ1) is 14.1. The van der Waals surface area contributed by atoms with Crippen LogP contribution in [0.4, 0.5) is 0 Å². The van der Waals surface area contributed by atoms with Gasteiger partial charge < -0.3 is 10.1 Å². The zero-order valence-electron chi connectivity index (χ0n) is 11.2. The summed E-state index contributed by atoms with van der Waals surface area (Å²) in [5.74, 6) is 0. The monoisotopic (exact) mass is 236 g/mol. The van der Waals surface area contributed by atoms with Gasteiger partial charge in [-0.25, -0.2) is 0 Å². The van der Waals surface area contributed by atoms with Gasteiger partial charge in [-0.2, -0.15) is 0 Å². The molecule has 3 heteroatoms. The first-order valence-electron chi connectivity index (χ1n) is 6.40. The van der Waals surface area contributed by atoms with Gasteiger partial charge in [0.2, 0.25) is 0 Å². The van der Waals surface area contributed by atoms with Crippen molar-refractivity contribution >= 4 is 0 Å². The smallest absolute Gasteiger partial charge is 0.0477 e. The van der Waals surface area contributed by atoms with E-state index in [1.807, 2.05) is 12.3 Å². The number of rotatable bonds is 8. The minimum Gasteiger partial charge on any atom is -0.385 e. The third kappa shape index (κ3) is 5.29. The van der Waals surface area contributed by atoms with Gasteiger partial charge in [-0.1, -0.05) is 13.0 Å². The second kappa shape index (κ2) is 8.20. The predicted octanol–water partition coefficient (Wildman–Crippen LogP) is 2.34. The van der Waals surface area contributed by atoms with Crippen LogP contribution in [0.1, 0.15) is 31.0 Å². The van der Waals surface area contributed by atoms with Crippen LogP contribution in [0, 0.1) is 6.92 Å². The van der Waals surface area contributed by atoms with E-state index >= 15 is 0 Å². The number of hydrogen-bond acceptors (Lipinski definition) is 3.